The molecule has 1 heterocycles. The third-order valence-electron chi connectivity index (χ3n) is 1.91. The Bertz CT molecular complexity index is 398. The molecule has 8 nitrogen and oxygen atoms in total. The second-order valence-electron chi connectivity index (χ2n) is 3.36. The van der Waals surface area contributed by atoms with E-state index in [-0.39, 0.29) is 17.9 Å². The molecule has 0 unspecified atom stereocenters. The van der Waals surface area contributed by atoms with Crippen LogP contribution in [-0.4, -0.2) is 40.6 Å². The lowest BCUT2D eigenvalue weighted by atomic mass is 10.4. The SMILES string of the molecule is CCNC(=O)CCNc1nc(N)nc(OCC)n1. The number of nitrogens with two attached hydrogens (primary N) is 1. The summed E-state index contributed by atoms with van der Waals surface area (Å²) in [4.78, 5) is 22.9. The topological polar surface area (TPSA) is 115 Å². The fraction of sp³-hybridized carbons (Fsp3) is 0.600. The molecule has 0 spiro atoms. The van der Waals surface area contributed by atoms with E-state index >= 15 is 0 Å². The van der Waals surface area contributed by atoms with E-state index in [1.54, 1.807) is 0 Å². The van der Waals surface area contributed by atoms with E-state index in [0.717, 1.165) is 0 Å². The number of carbonyl (C=O) groups is 1. The Morgan fingerprint density at radius 3 is 2.78 bits per heavy atom. The lowest BCUT2D eigenvalue weighted by Gasteiger charge is -2.07. The zero-order chi connectivity index (χ0) is 13.4. The number of ether oxygens (including phenoxy) is 1. The van der Waals surface area contributed by atoms with Gasteiger partial charge in [-0.15, -0.1) is 0 Å². The molecular formula is C10H18N6O2. The molecule has 4 N–H and O–H groups in total. The molecule has 0 saturated heterocycles. The molecule has 0 aromatic carbocycles. The molecule has 1 amide bonds. The van der Waals surface area contributed by atoms with Crippen molar-refractivity contribution in [2.24, 2.45) is 0 Å². The minimum Gasteiger partial charge on any atom is -0.464 e. The van der Waals surface area contributed by atoms with Crippen LogP contribution < -0.4 is 21.1 Å². The third-order valence-corrected chi connectivity index (χ3v) is 1.91. The van der Waals surface area contributed by atoms with Gasteiger partial charge >= 0.3 is 6.01 Å². The lowest BCUT2D eigenvalue weighted by Crippen LogP contribution is -2.25. The number of anilines is 2. The van der Waals surface area contributed by atoms with Crippen molar-refractivity contribution in [3.05, 3.63) is 0 Å². The number of nitrogens with one attached hydrogen (secondary N) is 2. The first-order valence-electron chi connectivity index (χ1n) is 5.80. The second kappa shape index (κ2) is 7.25. The van der Waals surface area contributed by atoms with E-state index in [4.69, 9.17) is 10.5 Å². The Hall–Kier alpha value is -2.12. The van der Waals surface area contributed by atoms with E-state index in [1.807, 2.05) is 13.8 Å². The predicted octanol–water partition coefficient (Wildman–Crippen LogP) is -0.209. The summed E-state index contributed by atoms with van der Waals surface area (Å²) in [5.41, 5.74) is 5.51. The molecule has 0 fully saturated rings. The molecule has 0 aliphatic rings. The quantitative estimate of drug-likeness (QED) is 0.616. The Labute approximate surface area is 105 Å². The van der Waals surface area contributed by atoms with Crippen LogP contribution in [0.15, 0.2) is 0 Å². The number of aromatic nitrogens is 3. The van der Waals surface area contributed by atoms with Crippen LogP contribution in [0.2, 0.25) is 0 Å². The molecule has 18 heavy (non-hydrogen) atoms. The minimum atomic E-state index is -0.0305. The smallest absolute Gasteiger partial charge is 0.323 e. The average Bonchev–Trinajstić information content (AvgIpc) is 2.29. The summed E-state index contributed by atoms with van der Waals surface area (Å²) in [5.74, 6) is 0.348. The molecule has 100 valence electrons. The molecule has 8 heteroatoms. The molecule has 1 aromatic rings. The molecule has 1 aromatic heterocycles. The summed E-state index contributed by atoms with van der Waals surface area (Å²) in [6, 6.07) is 0.172. The normalized spacial score (nSPS) is 9.89. The Morgan fingerprint density at radius 1 is 1.33 bits per heavy atom. The highest BCUT2D eigenvalue weighted by Crippen LogP contribution is 2.08. The van der Waals surface area contributed by atoms with Gasteiger partial charge in [-0.2, -0.15) is 15.0 Å². The third kappa shape index (κ3) is 4.81. The summed E-state index contributed by atoms with van der Waals surface area (Å²) < 4.78 is 5.13. The molecular weight excluding hydrogens is 236 g/mol. The summed E-state index contributed by atoms with van der Waals surface area (Å²) in [6.45, 7) is 5.17. The lowest BCUT2D eigenvalue weighted by molar-refractivity contribution is -0.120. The number of nitrogen functional groups attached to an aromatic ring is 1. The van der Waals surface area contributed by atoms with Gasteiger partial charge in [0.25, 0.3) is 0 Å². The maximum absolute atomic E-state index is 11.2. The Kier molecular flexibility index (Phi) is 5.62. The average molecular weight is 254 g/mol. The summed E-state index contributed by atoms with van der Waals surface area (Å²) >= 11 is 0. The molecule has 0 radical (unpaired) electrons. The maximum atomic E-state index is 11.2. The first kappa shape index (κ1) is 13.9. The minimum absolute atomic E-state index is 0.0305. The number of amides is 1. The highest BCUT2D eigenvalue weighted by molar-refractivity contribution is 5.76. The zero-order valence-electron chi connectivity index (χ0n) is 10.6. The van der Waals surface area contributed by atoms with Crippen LogP contribution in [0.4, 0.5) is 11.9 Å². The van der Waals surface area contributed by atoms with Gasteiger partial charge in [-0.05, 0) is 13.8 Å². The van der Waals surface area contributed by atoms with Gasteiger partial charge < -0.3 is 21.1 Å². The highest BCUT2D eigenvalue weighted by Gasteiger charge is 2.05. The second-order valence-corrected chi connectivity index (χ2v) is 3.36. The van der Waals surface area contributed by atoms with Crippen molar-refractivity contribution in [2.45, 2.75) is 20.3 Å². The maximum Gasteiger partial charge on any atom is 0.323 e. The van der Waals surface area contributed by atoms with Gasteiger partial charge in [-0.25, -0.2) is 0 Å². The molecule has 0 aliphatic carbocycles. The fourth-order valence-electron chi connectivity index (χ4n) is 1.22. The van der Waals surface area contributed by atoms with Crippen LogP contribution in [-0.2, 0) is 4.79 Å². The highest BCUT2D eigenvalue weighted by atomic mass is 16.5. The van der Waals surface area contributed by atoms with Crippen LogP contribution in [0, 0.1) is 0 Å². The van der Waals surface area contributed by atoms with Crippen molar-refractivity contribution >= 4 is 17.8 Å². The van der Waals surface area contributed by atoms with E-state index in [2.05, 4.69) is 25.6 Å². The van der Waals surface area contributed by atoms with E-state index in [9.17, 15) is 4.79 Å². The van der Waals surface area contributed by atoms with E-state index < -0.39 is 0 Å². The van der Waals surface area contributed by atoms with E-state index in [0.29, 0.717) is 32.1 Å². The van der Waals surface area contributed by atoms with Gasteiger partial charge in [-0.1, -0.05) is 0 Å². The van der Waals surface area contributed by atoms with Crippen molar-refractivity contribution in [1.29, 1.82) is 0 Å². The number of carbonyl (C=O) groups excluding carboxylic acids is 1. The number of rotatable bonds is 7. The van der Waals surface area contributed by atoms with Gasteiger partial charge in [0, 0.05) is 19.5 Å². The molecule has 0 saturated carbocycles. The summed E-state index contributed by atoms with van der Waals surface area (Å²) in [6.07, 6.45) is 0.337. The van der Waals surface area contributed by atoms with Crippen LogP contribution in [0.25, 0.3) is 0 Å². The van der Waals surface area contributed by atoms with Gasteiger partial charge in [0.05, 0.1) is 6.61 Å². The molecule has 0 aliphatic heterocycles. The number of nitrogens with zero attached hydrogens (tertiary/aromatic N) is 3. The summed E-state index contributed by atoms with van der Waals surface area (Å²) in [5, 5.41) is 5.58. The van der Waals surface area contributed by atoms with Crippen molar-refractivity contribution in [2.75, 3.05) is 30.7 Å². The fourth-order valence-corrected chi connectivity index (χ4v) is 1.22. The van der Waals surface area contributed by atoms with Crippen molar-refractivity contribution in [3.8, 4) is 6.01 Å². The standard InChI is InChI=1S/C10H18N6O2/c1-3-12-7(17)5-6-13-9-14-8(11)15-10(16-9)18-4-2/h3-6H2,1-2H3,(H,12,17)(H3,11,13,14,15,16). The Balaban J connectivity index is 2.48. The van der Waals surface area contributed by atoms with Crippen molar-refractivity contribution < 1.29 is 9.53 Å². The number of hydrogen-bond acceptors (Lipinski definition) is 7. The zero-order valence-corrected chi connectivity index (χ0v) is 10.6. The summed E-state index contributed by atoms with van der Waals surface area (Å²) in [7, 11) is 0. The predicted molar refractivity (Wildman–Crippen MR) is 67.2 cm³/mol. The van der Waals surface area contributed by atoms with Crippen LogP contribution in [0.5, 0.6) is 6.01 Å². The van der Waals surface area contributed by atoms with Gasteiger partial charge in [0.2, 0.25) is 17.8 Å². The largest absolute Gasteiger partial charge is 0.464 e. The molecule has 0 atom stereocenters. The molecule has 1 rings (SSSR count). The first-order valence-corrected chi connectivity index (χ1v) is 5.80. The van der Waals surface area contributed by atoms with Crippen molar-refractivity contribution in [3.63, 3.8) is 0 Å². The van der Waals surface area contributed by atoms with Gasteiger partial charge in [-0.3, -0.25) is 4.79 Å². The monoisotopic (exact) mass is 254 g/mol. The Morgan fingerprint density at radius 2 is 2.11 bits per heavy atom. The first-order chi connectivity index (χ1) is 8.65. The van der Waals surface area contributed by atoms with Crippen LogP contribution >= 0.6 is 0 Å². The number of hydrogen-bond donors (Lipinski definition) is 3. The van der Waals surface area contributed by atoms with Crippen molar-refractivity contribution in [1.82, 2.24) is 20.3 Å². The van der Waals surface area contributed by atoms with Crippen LogP contribution in [0.1, 0.15) is 20.3 Å². The van der Waals surface area contributed by atoms with Gasteiger partial charge in [0.1, 0.15) is 0 Å². The van der Waals surface area contributed by atoms with E-state index in [1.165, 1.54) is 0 Å². The van der Waals surface area contributed by atoms with Crippen LogP contribution in [0.3, 0.4) is 0 Å². The molecule has 0 bridgehead atoms. The van der Waals surface area contributed by atoms with Gasteiger partial charge in [0.15, 0.2) is 0 Å².